The molecule has 0 aromatic carbocycles. The van der Waals surface area contributed by atoms with Gasteiger partial charge < -0.3 is 9.90 Å². The molecule has 0 unspecified atom stereocenters. The fourth-order valence-electron chi connectivity index (χ4n) is 1.22. The second kappa shape index (κ2) is 13.2. The third-order valence-electron chi connectivity index (χ3n) is 1.98. The number of carboxylic acid groups (broad SMARTS) is 1. The molecule has 0 heterocycles. The van der Waals surface area contributed by atoms with Crippen molar-refractivity contribution in [3.05, 3.63) is 12.2 Å². The number of aliphatic carboxylic acids is 1. The molecule has 0 N–H and O–H groups in total. The Kier molecular flexibility index (Phi) is 15.7. The van der Waals surface area contributed by atoms with Crippen LogP contribution in [0.2, 0.25) is 0 Å². The summed E-state index contributed by atoms with van der Waals surface area (Å²) in [5.74, 6) is -1.09. The van der Waals surface area contributed by atoms with Gasteiger partial charge in [-0.25, -0.2) is 0 Å². The molecule has 0 aromatic rings. The molecule has 14 heavy (non-hydrogen) atoms. The number of hydrogen-bond donors (Lipinski definition) is 0. The topological polar surface area (TPSA) is 40.1 Å². The monoisotopic (exact) mass is 206 g/mol. The third kappa shape index (κ3) is 14.7. The Hall–Kier alpha value is 0.210. The number of unbranched alkanes of at least 4 members (excludes halogenated alkanes) is 6. The fraction of sp³-hybridized carbons (Fsp3) is 0.727. The molecule has 0 spiro atoms. The van der Waals surface area contributed by atoms with Crippen LogP contribution in [0.15, 0.2) is 12.2 Å². The van der Waals surface area contributed by atoms with E-state index in [0.717, 1.165) is 18.9 Å². The standard InChI is InChI=1S/C11H20O2.Na/c1-2-3-4-5-6-7-8-9-10-11(12)13;/h9-10H,2-8H2,1H3,(H,12,13);/q;+1/p-1/b10-9+;. The van der Waals surface area contributed by atoms with Crippen molar-refractivity contribution in [2.75, 3.05) is 0 Å². The van der Waals surface area contributed by atoms with Crippen LogP contribution in [-0.2, 0) is 4.79 Å². The van der Waals surface area contributed by atoms with Gasteiger partial charge in [-0.15, -0.1) is 0 Å². The maximum absolute atomic E-state index is 9.98. The van der Waals surface area contributed by atoms with Gasteiger partial charge in [0.15, 0.2) is 0 Å². The predicted octanol–water partition coefficient (Wildman–Crippen LogP) is -0.953. The first-order valence-corrected chi connectivity index (χ1v) is 5.15. The van der Waals surface area contributed by atoms with Crippen molar-refractivity contribution in [2.45, 2.75) is 51.9 Å². The summed E-state index contributed by atoms with van der Waals surface area (Å²) in [4.78, 5) is 9.98. The molecule has 3 heteroatoms. The van der Waals surface area contributed by atoms with Crippen LogP contribution in [-0.4, -0.2) is 5.97 Å². The van der Waals surface area contributed by atoms with Gasteiger partial charge in [0.05, 0.1) is 5.97 Å². The van der Waals surface area contributed by atoms with Gasteiger partial charge in [0, 0.05) is 0 Å². The zero-order valence-electron chi connectivity index (χ0n) is 9.42. The largest absolute Gasteiger partial charge is 1.00 e. The number of carbonyl (C=O) groups excluding carboxylic acids is 1. The Morgan fingerprint density at radius 3 is 2.29 bits per heavy atom. The van der Waals surface area contributed by atoms with Crippen molar-refractivity contribution in [1.82, 2.24) is 0 Å². The Morgan fingerprint density at radius 1 is 1.14 bits per heavy atom. The van der Waals surface area contributed by atoms with Crippen LogP contribution in [0.4, 0.5) is 0 Å². The molecular formula is C11H19NaO2. The quantitative estimate of drug-likeness (QED) is 0.292. The van der Waals surface area contributed by atoms with Gasteiger partial charge >= 0.3 is 29.6 Å². The van der Waals surface area contributed by atoms with E-state index in [4.69, 9.17) is 0 Å². The van der Waals surface area contributed by atoms with E-state index < -0.39 is 5.97 Å². The maximum Gasteiger partial charge on any atom is 1.00 e. The van der Waals surface area contributed by atoms with E-state index in [0.29, 0.717) is 0 Å². The summed E-state index contributed by atoms with van der Waals surface area (Å²) in [6.07, 6.45) is 11.1. The molecule has 0 saturated heterocycles. The number of rotatable bonds is 8. The van der Waals surface area contributed by atoms with E-state index >= 15 is 0 Å². The van der Waals surface area contributed by atoms with Crippen LogP contribution in [0, 0.1) is 0 Å². The van der Waals surface area contributed by atoms with Crippen LogP contribution in [0.25, 0.3) is 0 Å². The molecule has 76 valence electrons. The molecule has 0 aliphatic heterocycles. The average Bonchev–Trinajstić information content (AvgIpc) is 2.09. The zero-order valence-corrected chi connectivity index (χ0v) is 11.4. The smallest absolute Gasteiger partial charge is 0.545 e. The first-order chi connectivity index (χ1) is 6.27. The molecule has 0 saturated carbocycles. The van der Waals surface area contributed by atoms with Gasteiger partial charge in [-0.05, 0) is 18.9 Å². The predicted molar refractivity (Wildman–Crippen MR) is 52.1 cm³/mol. The molecule has 2 nitrogen and oxygen atoms in total. The SMILES string of the molecule is CCCCCCCC/C=C/C(=O)[O-].[Na+]. The normalized spacial score (nSPS) is 10.1. The molecule has 0 bridgehead atoms. The average molecular weight is 206 g/mol. The van der Waals surface area contributed by atoms with Gasteiger partial charge in [-0.2, -0.15) is 0 Å². The van der Waals surface area contributed by atoms with Crippen LogP contribution < -0.4 is 34.7 Å². The maximum atomic E-state index is 9.98. The Morgan fingerprint density at radius 2 is 1.71 bits per heavy atom. The number of carbonyl (C=O) groups is 1. The van der Waals surface area contributed by atoms with E-state index in [2.05, 4.69) is 6.92 Å². The molecule has 0 aliphatic rings. The minimum Gasteiger partial charge on any atom is -0.545 e. The van der Waals surface area contributed by atoms with Crippen LogP contribution in [0.3, 0.4) is 0 Å². The molecule has 0 rings (SSSR count). The summed E-state index contributed by atoms with van der Waals surface area (Å²) < 4.78 is 0. The Balaban J connectivity index is 0. The van der Waals surface area contributed by atoms with Crippen LogP contribution in [0.1, 0.15) is 51.9 Å². The van der Waals surface area contributed by atoms with Gasteiger partial charge in [0.25, 0.3) is 0 Å². The van der Waals surface area contributed by atoms with Crippen LogP contribution in [0.5, 0.6) is 0 Å². The van der Waals surface area contributed by atoms with E-state index in [1.165, 1.54) is 32.1 Å². The summed E-state index contributed by atoms with van der Waals surface area (Å²) >= 11 is 0. The van der Waals surface area contributed by atoms with Crippen molar-refractivity contribution in [1.29, 1.82) is 0 Å². The van der Waals surface area contributed by atoms with Gasteiger partial charge in [-0.3, -0.25) is 0 Å². The second-order valence-corrected chi connectivity index (χ2v) is 3.28. The summed E-state index contributed by atoms with van der Waals surface area (Å²) in [6, 6.07) is 0. The van der Waals surface area contributed by atoms with Crippen molar-refractivity contribution in [3.8, 4) is 0 Å². The van der Waals surface area contributed by atoms with Gasteiger partial charge in [0.2, 0.25) is 0 Å². The molecule has 0 atom stereocenters. The first kappa shape index (κ1) is 16.6. The van der Waals surface area contributed by atoms with E-state index in [9.17, 15) is 9.90 Å². The summed E-state index contributed by atoms with van der Waals surface area (Å²) in [7, 11) is 0. The van der Waals surface area contributed by atoms with Gasteiger partial charge in [-0.1, -0.05) is 45.1 Å². The molecule has 0 aromatic heterocycles. The molecule has 0 aliphatic carbocycles. The fourth-order valence-corrected chi connectivity index (χ4v) is 1.22. The van der Waals surface area contributed by atoms with E-state index in [1.54, 1.807) is 6.08 Å². The second-order valence-electron chi connectivity index (χ2n) is 3.28. The number of carboxylic acids is 1. The Labute approximate surface area is 109 Å². The van der Waals surface area contributed by atoms with Crippen molar-refractivity contribution in [3.63, 3.8) is 0 Å². The van der Waals surface area contributed by atoms with E-state index in [-0.39, 0.29) is 29.6 Å². The molecule has 0 amide bonds. The van der Waals surface area contributed by atoms with Gasteiger partial charge in [0.1, 0.15) is 0 Å². The summed E-state index contributed by atoms with van der Waals surface area (Å²) in [6.45, 7) is 2.20. The minimum atomic E-state index is -1.09. The Bertz CT molecular complexity index is 155. The zero-order chi connectivity index (χ0) is 9.94. The third-order valence-corrected chi connectivity index (χ3v) is 1.98. The summed E-state index contributed by atoms with van der Waals surface area (Å²) in [5, 5.41) is 9.98. The van der Waals surface area contributed by atoms with E-state index in [1.807, 2.05) is 0 Å². The molecular weight excluding hydrogens is 187 g/mol. The summed E-state index contributed by atoms with van der Waals surface area (Å²) in [5.41, 5.74) is 0. The molecule has 0 fully saturated rings. The van der Waals surface area contributed by atoms with Crippen molar-refractivity contribution >= 4 is 5.97 Å². The molecule has 0 radical (unpaired) electrons. The first-order valence-electron chi connectivity index (χ1n) is 5.15. The minimum absolute atomic E-state index is 0. The van der Waals surface area contributed by atoms with Crippen molar-refractivity contribution in [2.24, 2.45) is 0 Å². The van der Waals surface area contributed by atoms with Crippen LogP contribution >= 0.6 is 0 Å². The number of allylic oxidation sites excluding steroid dienone is 1. The van der Waals surface area contributed by atoms with Crippen molar-refractivity contribution < 1.29 is 39.5 Å². The number of hydrogen-bond acceptors (Lipinski definition) is 2.